The molecule has 1 N–H and O–H groups in total. The molecule has 0 aromatic rings. The van der Waals surface area contributed by atoms with Gasteiger partial charge in [-0.3, -0.25) is 0 Å². The second kappa shape index (κ2) is 11.6. The van der Waals surface area contributed by atoms with E-state index >= 15 is 0 Å². The number of rotatable bonds is 3. The standard InChI is InChI=1S/C4H10O.C3H8O2/c1-4(2)3-5;1-4-3-5-2/h4-5H,3H2,1-2H3;3H2,1-2H3. The van der Waals surface area contributed by atoms with Gasteiger partial charge >= 0.3 is 0 Å². The second-order valence-electron chi connectivity index (χ2n) is 2.27. The Labute approximate surface area is 63.0 Å². The van der Waals surface area contributed by atoms with Gasteiger partial charge in [-0.2, -0.15) is 0 Å². The first kappa shape index (κ1) is 12.5. The van der Waals surface area contributed by atoms with E-state index in [2.05, 4.69) is 9.47 Å². The SMILES string of the molecule is CC(C)CO.COCOC. The van der Waals surface area contributed by atoms with Crippen molar-refractivity contribution in [1.82, 2.24) is 0 Å². The second-order valence-corrected chi connectivity index (χ2v) is 2.27. The van der Waals surface area contributed by atoms with Gasteiger partial charge in [0.05, 0.1) is 0 Å². The molecule has 10 heavy (non-hydrogen) atoms. The van der Waals surface area contributed by atoms with Crippen molar-refractivity contribution in [2.24, 2.45) is 5.92 Å². The van der Waals surface area contributed by atoms with E-state index in [1.165, 1.54) is 0 Å². The van der Waals surface area contributed by atoms with Gasteiger partial charge in [0, 0.05) is 20.8 Å². The molecule has 0 saturated heterocycles. The largest absolute Gasteiger partial charge is 0.396 e. The van der Waals surface area contributed by atoms with Crippen LogP contribution in [0.4, 0.5) is 0 Å². The summed E-state index contributed by atoms with van der Waals surface area (Å²) >= 11 is 0. The molecular formula is C7H18O3. The van der Waals surface area contributed by atoms with Crippen molar-refractivity contribution in [1.29, 1.82) is 0 Å². The highest BCUT2D eigenvalue weighted by Gasteiger charge is 1.81. The Bertz CT molecular complexity index is 44.1. The molecule has 0 fully saturated rings. The molecule has 0 amide bonds. The van der Waals surface area contributed by atoms with Crippen LogP contribution in [0, 0.1) is 5.92 Å². The van der Waals surface area contributed by atoms with E-state index in [9.17, 15) is 0 Å². The summed E-state index contributed by atoms with van der Waals surface area (Å²) in [6.45, 7) is 4.64. The van der Waals surface area contributed by atoms with E-state index < -0.39 is 0 Å². The third kappa shape index (κ3) is 24.8. The van der Waals surface area contributed by atoms with Gasteiger partial charge in [0.1, 0.15) is 6.79 Å². The highest BCUT2D eigenvalue weighted by molar-refractivity contribution is 4.32. The summed E-state index contributed by atoms with van der Waals surface area (Å²) in [5.74, 6) is 0.440. The predicted molar refractivity (Wildman–Crippen MR) is 40.8 cm³/mol. The Kier molecular flexibility index (Phi) is 14.6. The fraction of sp³-hybridized carbons (Fsp3) is 1.00. The third-order valence-electron chi connectivity index (χ3n) is 0.601. The zero-order valence-electron chi connectivity index (χ0n) is 7.26. The molecule has 0 rings (SSSR count). The topological polar surface area (TPSA) is 38.7 Å². The minimum atomic E-state index is 0.306. The molecule has 0 aliphatic rings. The van der Waals surface area contributed by atoms with Gasteiger partial charge < -0.3 is 14.6 Å². The molecule has 0 atom stereocenters. The third-order valence-corrected chi connectivity index (χ3v) is 0.601. The Balaban J connectivity index is 0. The van der Waals surface area contributed by atoms with Crippen LogP contribution in [0.3, 0.4) is 0 Å². The van der Waals surface area contributed by atoms with E-state index in [0.29, 0.717) is 19.3 Å². The maximum absolute atomic E-state index is 8.14. The summed E-state index contributed by atoms with van der Waals surface area (Å²) in [4.78, 5) is 0. The summed E-state index contributed by atoms with van der Waals surface area (Å²) < 4.78 is 8.94. The first-order chi connectivity index (χ1) is 4.68. The van der Waals surface area contributed by atoms with Crippen molar-refractivity contribution in [3.8, 4) is 0 Å². The van der Waals surface area contributed by atoms with Crippen molar-refractivity contribution >= 4 is 0 Å². The minimum absolute atomic E-state index is 0.306. The predicted octanol–water partition coefficient (Wildman–Crippen LogP) is 0.871. The van der Waals surface area contributed by atoms with E-state index in [1.54, 1.807) is 14.2 Å². The van der Waals surface area contributed by atoms with E-state index in [-0.39, 0.29) is 0 Å². The number of ether oxygens (including phenoxy) is 2. The minimum Gasteiger partial charge on any atom is -0.396 e. The number of aliphatic hydroxyl groups is 1. The lowest BCUT2D eigenvalue weighted by Crippen LogP contribution is -1.90. The highest BCUT2D eigenvalue weighted by Crippen LogP contribution is 1.83. The lowest BCUT2D eigenvalue weighted by Gasteiger charge is -1.90. The Morgan fingerprint density at radius 2 is 1.50 bits per heavy atom. The van der Waals surface area contributed by atoms with Crippen LogP contribution in [0.1, 0.15) is 13.8 Å². The maximum atomic E-state index is 8.14. The molecule has 0 radical (unpaired) electrons. The highest BCUT2D eigenvalue weighted by atomic mass is 16.6. The van der Waals surface area contributed by atoms with Crippen LogP contribution in [0.15, 0.2) is 0 Å². The van der Waals surface area contributed by atoms with Gasteiger partial charge in [0.15, 0.2) is 0 Å². The van der Waals surface area contributed by atoms with Crippen LogP contribution in [-0.2, 0) is 9.47 Å². The quantitative estimate of drug-likeness (QED) is 0.607. The lowest BCUT2D eigenvalue weighted by atomic mass is 10.2. The Morgan fingerprint density at radius 3 is 1.50 bits per heavy atom. The molecule has 0 aromatic carbocycles. The zero-order chi connectivity index (χ0) is 8.41. The molecule has 3 heteroatoms. The van der Waals surface area contributed by atoms with Crippen LogP contribution >= 0.6 is 0 Å². The van der Waals surface area contributed by atoms with E-state index in [1.807, 2.05) is 13.8 Å². The summed E-state index contributed by atoms with van der Waals surface area (Å²) in [5, 5.41) is 8.14. The number of aliphatic hydroxyl groups excluding tert-OH is 1. The summed E-state index contributed by atoms with van der Waals surface area (Å²) in [6, 6.07) is 0. The molecule has 0 aromatic heterocycles. The molecular weight excluding hydrogens is 132 g/mol. The summed E-state index contributed by atoms with van der Waals surface area (Å²) in [6.07, 6.45) is 0. The molecule has 0 unspecified atom stereocenters. The zero-order valence-corrected chi connectivity index (χ0v) is 7.26. The van der Waals surface area contributed by atoms with Crippen LogP contribution in [0.2, 0.25) is 0 Å². The van der Waals surface area contributed by atoms with Crippen LogP contribution in [-0.4, -0.2) is 32.7 Å². The molecule has 64 valence electrons. The van der Waals surface area contributed by atoms with Crippen molar-refractivity contribution < 1.29 is 14.6 Å². The summed E-state index contributed by atoms with van der Waals surface area (Å²) in [7, 11) is 3.17. The van der Waals surface area contributed by atoms with Crippen LogP contribution < -0.4 is 0 Å². The number of hydrogen-bond donors (Lipinski definition) is 1. The van der Waals surface area contributed by atoms with E-state index in [4.69, 9.17) is 5.11 Å². The van der Waals surface area contributed by atoms with Crippen molar-refractivity contribution in [2.45, 2.75) is 13.8 Å². The van der Waals surface area contributed by atoms with Gasteiger partial charge in [0.2, 0.25) is 0 Å². The van der Waals surface area contributed by atoms with Gasteiger partial charge in [-0.15, -0.1) is 0 Å². The summed E-state index contributed by atoms with van der Waals surface area (Å²) in [5.41, 5.74) is 0. The van der Waals surface area contributed by atoms with Gasteiger partial charge in [-0.05, 0) is 5.92 Å². The van der Waals surface area contributed by atoms with Gasteiger partial charge in [-0.1, -0.05) is 13.8 Å². The fourth-order valence-corrected chi connectivity index (χ4v) is 0.118. The Morgan fingerprint density at radius 1 is 1.20 bits per heavy atom. The molecule has 0 spiro atoms. The average molecular weight is 150 g/mol. The number of methoxy groups -OCH3 is 2. The van der Waals surface area contributed by atoms with Crippen molar-refractivity contribution in [2.75, 3.05) is 27.6 Å². The fourth-order valence-electron chi connectivity index (χ4n) is 0.118. The monoisotopic (exact) mass is 150 g/mol. The van der Waals surface area contributed by atoms with Crippen LogP contribution in [0.25, 0.3) is 0 Å². The van der Waals surface area contributed by atoms with E-state index in [0.717, 1.165) is 0 Å². The first-order valence-corrected chi connectivity index (χ1v) is 3.27. The van der Waals surface area contributed by atoms with Gasteiger partial charge in [-0.25, -0.2) is 0 Å². The average Bonchev–Trinajstić information content (AvgIpc) is 1.91. The van der Waals surface area contributed by atoms with Crippen molar-refractivity contribution in [3.05, 3.63) is 0 Å². The first-order valence-electron chi connectivity index (χ1n) is 3.27. The molecule has 3 nitrogen and oxygen atoms in total. The molecule has 0 saturated carbocycles. The number of hydrogen-bond acceptors (Lipinski definition) is 3. The molecule has 0 aliphatic carbocycles. The molecule has 0 bridgehead atoms. The normalized spacial score (nSPS) is 9.00. The van der Waals surface area contributed by atoms with Gasteiger partial charge in [0.25, 0.3) is 0 Å². The smallest absolute Gasteiger partial charge is 0.145 e. The van der Waals surface area contributed by atoms with Crippen molar-refractivity contribution in [3.63, 3.8) is 0 Å². The Hall–Kier alpha value is -0.120. The van der Waals surface area contributed by atoms with Crippen LogP contribution in [0.5, 0.6) is 0 Å². The molecule has 0 aliphatic heterocycles. The maximum Gasteiger partial charge on any atom is 0.145 e. The lowest BCUT2D eigenvalue weighted by molar-refractivity contribution is -0.00271. The molecule has 0 heterocycles.